The van der Waals surface area contributed by atoms with Crippen LogP contribution in [0.5, 0.6) is 5.75 Å². The number of amides is 1. The molecule has 2 N–H and O–H groups in total. The van der Waals surface area contributed by atoms with E-state index in [-0.39, 0.29) is 16.8 Å². The molecular weight excluding hydrogens is 486 g/mol. The highest BCUT2D eigenvalue weighted by molar-refractivity contribution is 7.92. The second-order valence-electron chi connectivity index (χ2n) is 9.67. The largest absolute Gasteiger partial charge is 0.481 e. The molecule has 0 radical (unpaired) electrons. The Morgan fingerprint density at radius 2 is 1.68 bits per heavy atom. The van der Waals surface area contributed by atoms with Crippen LogP contribution in [0.2, 0.25) is 0 Å². The zero-order chi connectivity index (χ0) is 26.0. The third kappa shape index (κ3) is 5.30. The minimum Gasteiger partial charge on any atom is -0.481 e. The molecule has 8 heteroatoms. The van der Waals surface area contributed by atoms with Crippen LogP contribution < -0.4 is 14.8 Å². The zero-order valence-corrected chi connectivity index (χ0v) is 22.1. The molecule has 1 aliphatic rings. The highest BCUT2D eigenvalue weighted by atomic mass is 32.2. The van der Waals surface area contributed by atoms with E-state index in [1.54, 1.807) is 25.1 Å². The highest BCUT2D eigenvalue weighted by Crippen LogP contribution is 2.32. The Labute approximate surface area is 217 Å². The van der Waals surface area contributed by atoms with Crippen LogP contribution in [0, 0.1) is 0 Å². The molecule has 0 spiro atoms. The van der Waals surface area contributed by atoms with Gasteiger partial charge in [-0.15, -0.1) is 0 Å². The summed E-state index contributed by atoms with van der Waals surface area (Å²) in [5, 5.41) is 5.15. The Kier molecular flexibility index (Phi) is 7.11. The number of aromatic nitrogens is 1. The topological polar surface area (TPSA) is 89.4 Å². The first kappa shape index (κ1) is 25.1. The maximum absolute atomic E-state index is 13.1. The molecule has 1 saturated carbocycles. The molecule has 0 saturated heterocycles. The van der Waals surface area contributed by atoms with E-state index in [1.165, 1.54) is 18.6 Å². The Hall–Kier alpha value is -3.52. The minimum absolute atomic E-state index is 0.121. The van der Waals surface area contributed by atoms with Crippen molar-refractivity contribution in [3.63, 3.8) is 0 Å². The molecule has 1 aromatic heterocycles. The number of sulfonamides is 1. The second-order valence-corrected chi connectivity index (χ2v) is 11.4. The fourth-order valence-corrected chi connectivity index (χ4v) is 6.24. The fraction of sp³-hybridized carbons (Fsp3) is 0.345. The summed E-state index contributed by atoms with van der Waals surface area (Å²) in [5.74, 6) is 0.295. The molecule has 7 nitrogen and oxygen atoms in total. The predicted molar refractivity (Wildman–Crippen MR) is 147 cm³/mol. The summed E-state index contributed by atoms with van der Waals surface area (Å²) in [5.41, 5.74) is 2.69. The molecule has 5 rings (SSSR count). The summed E-state index contributed by atoms with van der Waals surface area (Å²) in [4.78, 5) is 12.6. The number of aryl methyl sites for hydroxylation is 1. The first-order valence-electron chi connectivity index (χ1n) is 13.0. The van der Waals surface area contributed by atoms with Crippen molar-refractivity contribution >= 4 is 43.4 Å². The smallest absolute Gasteiger partial charge is 0.261 e. The standard InChI is InChI=1S/C29H33N3O4S/c1-3-32-27-12-8-7-11-25(27)26-19-22(13-18-28(26)32)31-37(34,35)24-16-14-23(15-17-24)36-20(2)29(33)30-21-9-5-4-6-10-21/h7-8,11-21,31H,3-6,9-10H2,1-2H3,(H,30,33)/t20-/m0/s1. The van der Waals surface area contributed by atoms with Gasteiger partial charge in [0.15, 0.2) is 6.10 Å². The lowest BCUT2D eigenvalue weighted by Crippen LogP contribution is -2.43. The lowest BCUT2D eigenvalue weighted by atomic mass is 9.95. The number of ether oxygens (including phenoxy) is 1. The van der Waals surface area contributed by atoms with Gasteiger partial charge in [0.2, 0.25) is 0 Å². The quantitative estimate of drug-likeness (QED) is 0.306. The number of nitrogens with one attached hydrogen (secondary N) is 2. The van der Waals surface area contributed by atoms with Crippen LogP contribution in [0.4, 0.5) is 5.69 Å². The van der Waals surface area contributed by atoms with E-state index in [2.05, 4.69) is 33.7 Å². The van der Waals surface area contributed by atoms with E-state index in [4.69, 9.17) is 4.74 Å². The van der Waals surface area contributed by atoms with E-state index in [0.29, 0.717) is 11.4 Å². The van der Waals surface area contributed by atoms with Gasteiger partial charge in [-0.2, -0.15) is 0 Å². The van der Waals surface area contributed by atoms with E-state index in [0.717, 1.165) is 54.0 Å². The molecular formula is C29H33N3O4S. The molecule has 0 bridgehead atoms. The normalized spacial score (nSPS) is 15.5. The van der Waals surface area contributed by atoms with Crippen molar-refractivity contribution in [1.29, 1.82) is 0 Å². The summed E-state index contributed by atoms with van der Waals surface area (Å²) in [6.45, 7) is 4.63. The third-order valence-corrected chi connectivity index (χ3v) is 8.51. The lowest BCUT2D eigenvalue weighted by molar-refractivity contribution is -0.128. The first-order chi connectivity index (χ1) is 17.9. The molecule has 4 aromatic rings. The number of fused-ring (bicyclic) bond motifs is 3. The lowest BCUT2D eigenvalue weighted by Gasteiger charge is -2.24. The number of hydrogen-bond acceptors (Lipinski definition) is 4. The molecule has 1 aliphatic carbocycles. The average molecular weight is 520 g/mol. The summed E-state index contributed by atoms with van der Waals surface area (Å²) in [7, 11) is -3.81. The van der Waals surface area contributed by atoms with Gasteiger partial charge in [0.05, 0.1) is 4.90 Å². The summed E-state index contributed by atoms with van der Waals surface area (Å²) >= 11 is 0. The molecule has 37 heavy (non-hydrogen) atoms. The molecule has 1 fully saturated rings. The van der Waals surface area contributed by atoms with Gasteiger partial charge in [-0.1, -0.05) is 37.5 Å². The van der Waals surface area contributed by atoms with Crippen LogP contribution in [-0.2, 0) is 21.4 Å². The van der Waals surface area contributed by atoms with Crippen molar-refractivity contribution in [2.24, 2.45) is 0 Å². The number of benzene rings is 3. The molecule has 3 aromatic carbocycles. The van der Waals surface area contributed by atoms with Crippen LogP contribution in [0.25, 0.3) is 21.8 Å². The minimum atomic E-state index is -3.81. The number of carbonyl (C=O) groups is 1. The van der Waals surface area contributed by atoms with Crippen molar-refractivity contribution in [3.8, 4) is 5.75 Å². The van der Waals surface area contributed by atoms with E-state index in [1.807, 2.05) is 24.3 Å². The van der Waals surface area contributed by atoms with Gasteiger partial charge in [0.25, 0.3) is 15.9 Å². The van der Waals surface area contributed by atoms with Crippen LogP contribution in [-0.4, -0.2) is 31.0 Å². The number of carbonyl (C=O) groups excluding carboxylic acids is 1. The first-order valence-corrected chi connectivity index (χ1v) is 14.4. The second kappa shape index (κ2) is 10.5. The molecule has 194 valence electrons. The van der Waals surface area contributed by atoms with Gasteiger partial charge in [-0.3, -0.25) is 9.52 Å². The maximum atomic E-state index is 13.1. The van der Waals surface area contributed by atoms with Crippen molar-refractivity contribution in [2.45, 2.75) is 69.5 Å². The predicted octanol–water partition coefficient (Wildman–Crippen LogP) is 5.83. The van der Waals surface area contributed by atoms with Crippen LogP contribution in [0.1, 0.15) is 46.0 Å². The summed E-state index contributed by atoms with van der Waals surface area (Å²) in [6.07, 6.45) is 4.84. The molecule has 1 atom stereocenters. The van der Waals surface area contributed by atoms with Crippen molar-refractivity contribution in [1.82, 2.24) is 9.88 Å². The monoisotopic (exact) mass is 519 g/mol. The molecule has 1 amide bonds. The van der Waals surface area contributed by atoms with Crippen LogP contribution >= 0.6 is 0 Å². The fourth-order valence-electron chi connectivity index (χ4n) is 5.19. The summed E-state index contributed by atoms with van der Waals surface area (Å²) in [6, 6.07) is 20.1. The molecule has 0 aliphatic heterocycles. The van der Waals surface area contributed by atoms with Crippen molar-refractivity contribution in [3.05, 3.63) is 66.7 Å². The Morgan fingerprint density at radius 3 is 2.41 bits per heavy atom. The maximum Gasteiger partial charge on any atom is 0.261 e. The number of para-hydroxylation sites is 1. The number of nitrogens with zero attached hydrogens (tertiary/aromatic N) is 1. The Balaban J connectivity index is 1.28. The highest BCUT2D eigenvalue weighted by Gasteiger charge is 2.21. The van der Waals surface area contributed by atoms with Gasteiger partial charge >= 0.3 is 0 Å². The van der Waals surface area contributed by atoms with Crippen molar-refractivity contribution < 1.29 is 17.9 Å². The van der Waals surface area contributed by atoms with Gasteiger partial charge < -0.3 is 14.6 Å². The van der Waals surface area contributed by atoms with E-state index in [9.17, 15) is 13.2 Å². The number of rotatable bonds is 8. The average Bonchev–Trinajstić information content (AvgIpc) is 3.22. The van der Waals surface area contributed by atoms with Crippen molar-refractivity contribution in [2.75, 3.05) is 4.72 Å². The molecule has 0 unspecified atom stereocenters. The Bertz CT molecular complexity index is 1520. The number of hydrogen-bond donors (Lipinski definition) is 2. The van der Waals surface area contributed by atoms with E-state index < -0.39 is 16.1 Å². The SMILES string of the molecule is CCn1c2ccccc2c2cc(NS(=O)(=O)c3ccc(O[C@@H](C)C(=O)NC4CCCCC4)cc3)ccc21. The van der Waals surface area contributed by atoms with Crippen LogP contribution in [0.3, 0.4) is 0 Å². The summed E-state index contributed by atoms with van der Waals surface area (Å²) < 4.78 is 36.9. The zero-order valence-electron chi connectivity index (χ0n) is 21.2. The van der Waals surface area contributed by atoms with Gasteiger partial charge in [0, 0.05) is 40.1 Å². The van der Waals surface area contributed by atoms with Gasteiger partial charge in [0.1, 0.15) is 5.75 Å². The Morgan fingerprint density at radius 1 is 0.973 bits per heavy atom. The number of anilines is 1. The van der Waals surface area contributed by atoms with Gasteiger partial charge in [-0.05, 0) is 75.2 Å². The van der Waals surface area contributed by atoms with E-state index >= 15 is 0 Å². The van der Waals surface area contributed by atoms with Gasteiger partial charge in [-0.25, -0.2) is 8.42 Å². The van der Waals surface area contributed by atoms with Crippen LogP contribution in [0.15, 0.2) is 71.6 Å². The third-order valence-electron chi connectivity index (χ3n) is 7.11. The molecule has 1 heterocycles.